The second-order valence-electron chi connectivity index (χ2n) is 6.62. The van der Waals surface area contributed by atoms with Gasteiger partial charge in [0.25, 0.3) is 0 Å². The topological polar surface area (TPSA) is 41.4 Å². The molecule has 1 aliphatic carbocycles. The zero-order valence-corrected chi connectivity index (χ0v) is 13.2. The molecule has 3 rings (SSSR count). The van der Waals surface area contributed by atoms with Crippen LogP contribution in [0.15, 0.2) is 12.4 Å². The van der Waals surface area contributed by atoms with Crippen LogP contribution < -0.4 is 0 Å². The average molecular weight is 290 g/mol. The third-order valence-corrected chi connectivity index (χ3v) is 4.66. The van der Waals surface area contributed by atoms with Crippen LogP contribution in [-0.4, -0.2) is 57.7 Å². The van der Waals surface area contributed by atoms with Crippen LogP contribution in [0.2, 0.25) is 0 Å². The van der Waals surface area contributed by atoms with Gasteiger partial charge in [-0.15, -0.1) is 0 Å². The number of likely N-dealkylation sites (tertiary alicyclic amines) is 1. The van der Waals surface area contributed by atoms with Gasteiger partial charge in [0.05, 0.1) is 25.3 Å². The fraction of sp³-hybridized carbons (Fsp3) is 0.750. The van der Waals surface area contributed by atoms with E-state index in [-0.39, 0.29) is 5.91 Å². The molecule has 1 amide bonds. The van der Waals surface area contributed by atoms with E-state index in [9.17, 15) is 4.79 Å². The second kappa shape index (κ2) is 6.18. The molecule has 1 unspecified atom stereocenters. The van der Waals surface area contributed by atoms with E-state index in [1.165, 1.54) is 24.8 Å². The fourth-order valence-electron chi connectivity index (χ4n) is 3.25. The maximum Gasteiger partial charge on any atom is 0.237 e. The Morgan fingerprint density at radius 1 is 1.38 bits per heavy atom. The standard InChI is InChI=1S/C16H26N4O/c1-13-9-17-19(10-13)11-15-5-3-4-8-20(15)16(21)12-18(2)14-6-7-14/h9-10,14-15H,3-8,11-12H2,1-2H3. The molecule has 116 valence electrons. The van der Waals surface area contributed by atoms with Crippen LogP contribution in [0.3, 0.4) is 0 Å². The zero-order valence-electron chi connectivity index (χ0n) is 13.2. The van der Waals surface area contributed by atoms with Gasteiger partial charge in [0, 0.05) is 18.8 Å². The highest BCUT2D eigenvalue weighted by molar-refractivity contribution is 5.78. The Morgan fingerprint density at radius 3 is 2.86 bits per heavy atom. The monoisotopic (exact) mass is 290 g/mol. The average Bonchev–Trinajstić information content (AvgIpc) is 3.24. The first-order chi connectivity index (χ1) is 10.1. The minimum atomic E-state index is 0.290. The van der Waals surface area contributed by atoms with Crippen LogP contribution in [-0.2, 0) is 11.3 Å². The third kappa shape index (κ3) is 3.64. The summed E-state index contributed by atoms with van der Waals surface area (Å²) in [6.07, 6.45) is 9.89. The number of piperidine rings is 1. The van der Waals surface area contributed by atoms with E-state index < -0.39 is 0 Å². The Morgan fingerprint density at radius 2 is 2.19 bits per heavy atom. The lowest BCUT2D eigenvalue weighted by Gasteiger charge is -2.36. The summed E-state index contributed by atoms with van der Waals surface area (Å²) < 4.78 is 1.98. The van der Waals surface area contributed by atoms with Crippen molar-refractivity contribution in [2.45, 2.75) is 57.7 Å². The molecule has 1 aromatic rings. The van der Waals surface area contributed by atoms with Gasteiger partial charge in [0.1, 0.15) is 0 Å². The number of likely N-dealkylation sites (N-methyl/N-ethyl adjacent to an activating group) is 1. The molecule has 0 bridgehead atoms. The van der Waals surface area contributed by atoms with Gasteiger partial charge in [0.2, 0.25) is 5.91 Å². The summed E-state index contributed by atoms with van der Waals surface area (Å²) in [7, 11) is 2.07. The molecule has 0 N–H and O–H groups in total. The lowest BCUT2D eigenvalue weighted by atomic mass is 10.0. The molecule has 2 heterocycles. The SMILES string of the molecule is Cc1cnn(CC2CCCCN2C(=O)CN(C)C2CC2)c1. The molecule has 1 saturated heterocycles. The summed E-state index contributed by atoms with van der Waals surface area (Å²) in [5.41, 5.74) is 1.18. The smallest absolute Gasteiger partial charge is 0.237 e. The van der Waals surface area contributed by atoms with Crippen molar-refractivity contribution in [2.75, 3.05) is 20.1 Å². The van der Waals surface area contributed by atoms with Gasteiger partial charge in [-0.05, 0) is 51.6 Å². The highest BCUT2D eigenvalue weighted by Gasteiger charge is 2.31. The maximum atomic E-state index is 12.6. The number of nitrogens with zero attached hydrogens (tertiary/aromatic N) is 4. The number of aromatic nitrogens is 2. The highest BCUT2D eigenvalue weighted by Crippen LogP contribution is 2.26. The minimum Gasteiger partial charge on any atom is -0.337 e. The Kier molecular flexibility index (Phi) is 4.29. The number of carbonyl (C=O) groups is 1. The summed E-state index contributed by atoms with van der Waals surface area (Å²) in [6.45, 7) is 4.35. The summed E-state index contributed by atoms with van der Waals surface area (Å²) in [5, 5.41) is 4.37. The van der Waals surface area contributed by atoms with Gasteiger partial charge in [-0.2, -0.15) is 5.10 Å². The van der Waals surface area contributed by atoms with E-state index in [2.05, 4.69) is 35.1 Å². The number of carbonyl (C=O) groups excluding carboxylic acids is 1. The summed E-state index contributed by atoms with van der Waals surface area (Å²) >= 11 is 0. The number of hydrogen-bond donors (Lipinski definition) is 0. The molecule has 1 aliphatic heterocycles. The molecule has 1 aromatic heterocycles. The molecule has 0 spiro atoms. The Bertz CT molecular complexity index is 494. The molecule has 2 fully saturated rings. The summed E-state index contributed by atoms with van der Waals surface area (Å²) in [5.74, 6) is 0.290. The Balaban J connectivity index is 1.61. The molecular weight excluding hydrogens is 264 g/mol. The van der Waals surface area contributed by atoms with Crippen molar-refractivity contribution in [3.63, 3.8) is 0 Å². The van der Waals surface area contributed by atoms with Gasteiger partial charge in [-0.1, -0.05) is 0 Å². The van der Waals surface area contributed by atoms with Crippen molar-refractivity contribution in [3.05, 3.63) is 18.0 Å². The van der Waals surface area contributed by atoms with E-state index in [4.69, 9.17) is 0 Å². The molecule has 1 atom stereocenters. The molecule has 5 heteroatoms. The summed E-state index contributed by atoms with van der Waals surface area (Å²) in [6, 6.07) is 0.948. The zero-order chi connectivity index (χ0) is 14.8. The predicted octanol–water partition coefficient (Wildman–Crippen LogP) is 1.67. The van der Waals surface area contributed by atoms with E-state index in [0.717, 1.165) is 25.9 Å². The first-order valence-electron chi connectivity index (χ1n) is 8.12. The third-order valence-electron chi connectivity index (χ3n) is 4.66. The Hall–Kier alpha value is -1.36. The Labute approximate surface area is 126 Å². The molecule has 2 aliphatic rings. The van der Waals surface area contributed by atoms with E-state index in [1.807, 2.05) is 10.9 Å². The van der Waals surface area contributed by atoms with Crippen molar-refractivity contribution in [2.24, 2.45) is 0 Å². The molecule has 0 aromatic carbocycles. The number of hydrogen-bond acceptors (Lipinski definition) is 3. The minimum absolute atomic E-state index is 0.290. The van der Waals surface area contributed by atoms with Crippen LogP contribution in [0, 0.1) is 6.92 Å². The second-order valence-corrected chi connectivity index (χ2v) is 6.62. The number of rotatable bonds is 5. The van der Waals surface area contributed by atoms with E-state index >= 15 is 0 Å². The van der Waals surface area contributed by atoms with E-state index in [1.54, 1.807) is 0 Å². The highest BCUT2D eigenvalue weighted by atomic mass is 16.2. The molecule has 0 radical (unpaired) electrons. The first-order valence-corrected chi connectivity index (χ1v) is 8.12. The van der Waals surface area contributed by atoms with Crippen LogP contribution >= 0.6 is 0 Å². The van der Waals surface area contributed by atoms with Crippen molar-refractivity contribution in [3.8, 4) is 0 Å². The van der Waals surface area contributed by atoms with Crippen molar-refractivity contribution in [1.82, 2.24) is 19.6 Å². The van der Waals surface area contributed by atoms with Crippen LogP contribution in [0.4, 0.5) is 0 Å². The van der Waals surface area contributed by atoms with Gasteiger partial charge in [0.15, 0.2) is 0 Å². The van der Waals surface area contributed by atoms with Gasteiger partial charge in [-0.25, -0.2) is 0 Å². The van der Waals surface area contributed by atoms with Gasteiger partial charge < -0.3 is 4.90 Å². The van der Waals surface area contributed by atoms with Crippen LogP contribution in [0.5, 0.6) is 0 Å². The van der Waals surface area contributed by atoms with Crippen molar-refractivity contribution in [1.29, 1.82) is 0 Å². The van der Waals surface area contributed by atoms with Crippen molar-refractivity contribution >= 4 is 5.91 Å². The largest absolute Gasteiger partial charge is 0.337 e. The van der Waals surface area contributed by atoms with Crippen molar-refractivity contribution < 1.29 is 4.79 Å². The molecular formula is C16H26N4O. The van der Waals surface area contributed by atoms with Crippen LogP contribution in [0.1, 0.15) is 37.7 Å². The maximum absolute atomic E-state index is 12.6. The molecule has 1 saturated carbocycles. The van der Waals surface area contributed by atoms with E-state index in [0.29, 0.717) is 18.6 Å². The van der Waals surface area contributed by atoms with Gasteiger partial charge >= 0.3 is 0 Å². The lowest BCUT2D eigenvalue weighted by Crippen LogP contribution is -2.49. The van der Waals surface area contributed by atoms with Gasteiger partial charge in [-0.3, -0.25) is 14.4 Å². The summed E-state index contributed by atoms with van der Waals surface area (Å²) in [4.78, 5) is 16.9. The van der Waals surface area contributed by atoms with Crippen LogP contribution in [0.25, 0.3) is 0 Å². The normalized spacial score (nSPS) is 22.8. The predicted molar refractivity (Wildman–Crippen MR) is 82.0 cm³/mol. The quantitative estimate of drug-likeness (QED) is 0.828. The fourth-order valence-corrected chi connectivity index (χ4v) is 3.25. The molecule has 5 nitrogen and oxygen atoms in total. The number of amides is 1. The molecule has 21 heavy (non-hydrogen) atoms. The number of aryl methyl sites for hydroxylation is 1. The lowest BCUT2D eigenvalue weighted by molar-refractivity contribution is -0.136. The first kappa shape index (κ1) is 14.6.